The maximum atomic E-state index is 13.7. The Hall–Kier alpha value is -4.45. The molecule has 204 valence electrons. The fourth-order valence-corrected chi connectivity index (χ4v) is 3.77. The molecule has 1 aliphatic heterocycles. The summed E-state index contributed by atoms with van der Waals surface area (Å²) in [7, 11) is 1.57. The number of hydrogen-bond donors (Lipinski definition) is 3. The third-order valence-electron chi connectivity index (χ3n) is 5.91. The Balaban J connectivity index is 1.74. The number of nitrogens with zero attached hydrogens (tertiary/aromatic N) is 4. The van der Waals surface area contributed by atoms with Crippen LogP contribution in [0.3, 0.4) is 0 Å². The molecule has 0 atom stereocenters. The molecule has 39 heavy (non-hydrogen) atoms. The van der Waals surface area contributed by atoms with Crippen LogP contribution in [-0.2, 0) is 34.3 Å². The molecule has 1 aliphatic rings. The number of ether oxygens (including phenoxy) is 4. The van der Waals surface area contributed by atoms with Gasteiger partial charge in [-0.25, -0.2) is 19.3 Å². The molecule has 3 heterocycles. The first-order valence-electron chi connectivity index (χ1n) is 11.8. The molecule has 1 saturated heterocycles. The molecule has 0 spiro atoms. The highest BCUT2D eigenvalue weighted by Gasteiger charge is 2.54. The van der Waals surface area contributed by atoms with Crippen LogP contribution >= 0.6 is 0 Å². The van der Waals surface area contributed by atoms with Gasteiger partial charge in [0, 0.05) is 25.4 Å². The van der Waals surface area contributed by atoms with E-state index in [0.717, 1.165) is 0 Å². The second-order valence-electron chi connectivity index (χ2n) is 8.85. The fraction of sp³-hybridized carbons (Fsp3) is 0.360. The lowest BCUT2D eigenvalue weighted by Gasteiger charge is -2.40. The Morgan fingerprint density at radius 1 is 1.23 bits per heavy atom. The summed E-state index contributed by atoms with van der Waals surface area (Å²) in [5, 5.41) is 11.7. The number of esters is 1. The zero-order valence-electron chi connectivity index (χ0n) is 21.2. The maximum absolute atomic E-state index is 13.7. The Labute approximate surface area is 222 Å². The monoisotopic (exact) mass is 539 g/mol. The highest BCUT2D eigenvalue weighted by molar-refractivity contribution is 5.85. The topological polar surface area (TPSA) is 187 Å². The zero-order valence-corrected chi connectivity index (χ0v) is 21.2. The van der Waals surface area contributed by atoms with E-state index in [2.05, 4.69) is 25.3 Å². The minimum Gasteiger partial charge on any atom is -0.450 e. The molecule has 14 heteroatoms. The predicted octanol–water partition coefficient (Wildman–Crippen LogP) is 1.49. The first-order valence-corrected chi connectivity index (χ1v) is 11.8. The van der Waals surface area contributed by atoms with Crippen LogP contribution in [-0.4, -0.2) is 71.9 Å². The third kappa shape index (κ3) is 5.70. The van der Waals surface area contributed by atoms with Crippen molar-refractivity contribution in [2.75, 3.05) is 45.4 Å². The summed E-state index contributed by atoms with van der Waals surface area (Å²) in [5.74, 6) is -4.18. The highest BCUT2D eigenvalue weighted by atomic mass is 19.1. The number of nitrogens with two attached hydrogens (primary N) is 1. The Morgan fingerprint density at radius 2 is 1.95 bits per heavy atom. The Bertz CT molecular complexity index is 1380. The van der Waals surface area contributed by atoms with Crippen molar-refractivity contribution < 1.29 is 32.9 Å². The first kappa shape index (κ1) is 27.6. The van der Waals surface area contributed by atoms with E-state index in [4.69, 9.17) is 29.9 Å². The predicted molar refractivity (Wildman–Crippen MR) is 133 cm³/mol. The van der Waals surface area contributed by atoms with Gasteiger partial charge in [0.1, 0.15) is 17.3 Å². The number of primary amides is 1. The summed E-state index contributed by atoms with van der Waals surface area (Å²) in [6.07, 6.45) is 1.53. The van der Waals surface area contributed by atoms with Crippen LogP contribution in [0.2, 0.25) is 0 Å². The summed E-state index contributed by atoms with van der Waals surface area (Å²) in [5.41, 5.74) is 5.97. The molecular weight excluding hydrogens is 513 g/mol. The van der Waals surface area contributed by atoms with Crippen LogP contribution in [0, 0.1) is 22.6 Å². The average Bonchev–Trinajstić information content (AvgIpc) is 3.39. The molecule has 0 bridgehead atoms. The molecule has 2 aromatic heterocycles. The van der Waals surface area contributed by atoms with E-state index in [9.17, 15) is 14.0 Å². The number of imidazole rings is 1. The van der Waals surface area contributed by atoms with E-state index < -0.39 is 35.5 Å². The van der Waals surface area contributed by atoms with Gasteiger partial charge in [0.2, 0.25) is 5.95 Å². The number of carbonyl (C=O) groups excluding carboxylic acids is 2. The summed E-state index contributed by atoms with van der Waals surface area (Å²) in [6.45, 7) is 1.32. The minimum atomic E-state index is -2.19. The normalized spacial score (nSPS) is 20.7. The number of halogens is 1. The molecular formula is C25H26FN7O6. The largest absolute Gasteiger partial charge is 0.450 e. The number of methoxy groups -OCH3 is 1. The lowest BCUT2D eigenvalue weighted by atomic mass is 9.91. The molecule has 0 unspecified atom stereocenters. The number of anilines is 1. The van der Waals surface area contributed by atoms with Gasteiger partial charge in [-0.15, -0.1) is 0 Å². The molecule has 0 aliphatic carbocycles. The van der Waals surface area contributed by atoms with Crippen LogP contribution in [0.15, 0.2) is 36.5 Å². The number of aromatic nitrogens is 4. The van der Waals surface area contributed by atoms with Crippen LogP contribution in [0.25, 0.3) is 22.6 Å². The third-order valence-corrected chi connectivity index (χ3v) is 5.91. The van der Waals surface area contributed by atoms with Crippen molar-refractivity contribution in [3.05, 3.63) is 48.2 Å². The van der Waals surface area contributed by atoms with Gasteiger partial charge in [-0.2, -0.15) is 5.26 Å². The van der Waals surface area contributed by atoms with Crippen molar-refractivity contribution >= 4 is 17.8 Å². The molecule has 13 nitrogen and oxygen atoms in total. The van der Waals surface area contributed by atoms with E-state index in [1.165, 1.54) is 37.4 Å². The van der Waals surface area contributed by atoms with E-state index in [0.29, 0.717) is 41.7 Å². The van der Waals surface area contributed by atoms with E-state index in [1.807, 2.05) is 0 Å². The molecule has 3 aromatic rings. The number of nitrogens with one attached hydrogen (secondary N) is 2. The second kappa shape index (κ2) is 11.5. The van der Waals surface area contributed by atoms with Gasteiger partial charge < -0.3 is 35.0 Å². The standard InChI is InChI=1S/C25H26FN7O6/c1-24(22(35)37-11-8-27)13-38-25(20(28)34,39-14-24)21-32-18(15-3-5-16(26)6-4-15)19(33-21)17-7-9-29-23(31-17)30-10-12-36-2/h3-7,9H,10-14H2,1-2H3,(H2,28,34)(H,32,33)(H,29,30,31). The molecule has 4 N–H and O–H groups in total. The molecule has 1 aromatic carbocycles. The lowest BCUT2D eigenvalue weighted by Crippen LogP contribution is -2.56. The van der Waals surface area contributed by atoms with Gasteiger partial charge in [0.05, 0.1) is 36.9 Å². The van der Waals surface area contributed by atoms with E-state index in [-0.39, 0.29) is 19.0 Å². The van der Waals surface area contributed by atoms with Crippen molar-refractivity contribution in [3.63, 3.8) is 0 Å². The number of amides is 1. The molecule has 4 rings (SSSR count). The van der Waals surface area contributed by atoms with Crippen LogP contribution < -0.4 is 11.1 Å². The van der Waals surface area contributed by atoms with Crippen molar-refractivity contribution in [1.82, 2.24) is 19.9 Å². The van der Waals surface area contributed by atoms with E-state index in [1.54, 1.807) is 19.2 Å². The van der Waals surface area contributed by atoms with Crippen LogP contribution in [0.1, 0.15) is 12.7 Å². The van der Waals surface area contributed by atoms with Gasteiger partial charge in [-0.1, -0.05) is 0 Å². The van der Waals surface area contributed by atoms with Crippen LogP contribution in [0.5, 0.6) is 0 Å². The van der Waals surface area contributed by atoms with Gasteiger partial charge in [-0.05, 0) is 37.3 Å². The smallest absolute Gasteiger partial charge is 0.317 e. The SMILES string of the molecule is COCCNc1nccc(-c2[nH]c(C3(C(N)=O)OCC(C)(C(=O)OCC#N)CO3)nc2-c2ccc(F)cc2)n1. The lowest BCUT2D eigenvalue weighted by molar-refractivity contribution is -0.293. The molecule has 0 radical (unpaired) electrons. The summed E-state index contributed by atoms with van der Waals surface area (Å²) >= 11 is 0. The number of nitriles is 1. The van der Waals surface area contributed by atoms with Crippen molar-refractivity contribution in [3.8, 4) is 28.7 Å². The Morgan fingerprint density at radius 3 is 2.59 bits per heavy atom. The van der Waals surface area contributed by atoms with Crippen molar-refractivity contribution in [2.24, 2.45) is 11.1 Å². The van der Waals surface area contributed by atoms with Crippen molar-refractivity contribution in [1.29, 1.82) is 5.26 Å². The van der Waals surface area contributed by atoms with Crippen molar-refractivity contribution in [2.45, 2.75) is 12.7 Å². The van der Waals surface area contributed by atoms with Gasteiger partial charge >= 0.3 is 11.8 Å². The summed E-state index contributed by atoms with van der Waals surface area (Å²) in [4.78, 5) is 41.5. The van der Waals surface area contributed by atoms with Gasteiger partial charge in [0.15, 0.2) is 12.4 Å². The number of hydrogen-bond acceptors (Lipinski definition) is 11. The number of rotatable bonds is 10. The summed E-state index contributed by atoms with van der Waals surface area (Å²) in [6, 6.07) is 8.89. The number of benzene rings is 1. The molecule has 1 fully saturated rings. The van der Waals surface area contributed by atoms with E-state index >= 15 is 0 Å². The first-order chi connectivity index (χ1) is 18.7. The second-order valence-corrected chi connectivity index (χ2v) is 8.85. The minimum absolute atomic E-state index is 0.107. The quantitative estimate of drug-likeness (QED) is 0.250. The number of carbonyl (C=O) groups is 2. The summed E-state index contributed by atoms with van der Waals surface area (Å²) < 4.78 is 35.2. The highest BCUT2D eigenvalue weighted by Crippen LogP contribution is 2.39. The van der Waals surface area contributed by atoms with Gasteiger partial charge in [-0.3, -0.25) is 9.59 Å². The maximum Gasteiger partial charge on any atom is 0.317 e. The number of aromatic amines is 1. The Kier molecular flexibility index (Phi) is 8.15. The molecule has 0 saturated carbocycles. The van der Waals surface area contributed by atoms with Crippen LogP contribution in [0.4, 0.5) is 10.3 Å². The number of H-pyrrole nitrogens is 1. The molecule has 1 amide bonds. The average molecular weight is 540 g/mol. The zero-order chi connectivity index (χ0) is 28.0. The van der Waals surface area contributed by atoms with Gasteiger partial charge in [0.25, 0.3) is 5.91 Å². The fourth-order valence-electron chi connectivity index (χ4n) is 3.77.